The first-order valence-electron chi connectivity index (χ1n) is 6.95. The maximum Gasteiger partial charge on any atom is 0.119 e. The van der Waals surface area contributed by atoms with E-state index in [-0.39, 0.29) is 0 Å². The Morgan fingerprint density at radius 2 is 1.65 bits per heavy atom. The van der Waals surface area contributed by atoms with Gasteiger partial charge >= 0.3 is 0 Å². The van der Waals surface area contributed by atoms with E-state index in [0.29, 0.717) is 6.61 Å². The van der Waals surface area contributed by atoms with Gasteiger partial charge in [-0.1, -0.05) is 56.0 Å². The molecule has 0 saturated heterocycles. The van der Waals surface area contributed by atoms with E-state index in [9.17, 15) is 0 Å². The molecule has 0 amide bonds. The highest BCUT2D eigenvalue weighted by molar-refractivity contribution is 5.63. The van der Waals surface area contributed by atoms with Gasteiger partial charge in [0.1, 0.15) is 12.4 Å². The van der Waals surface area contributed by atoms with Gasteiger partial charge < -0.3 is 10.1 Å². The number of hydrogen-bond acceptors (Lipinski definition) is 2. The van der Waals surface area contributed by atoms with Crippen molar-refractivity contribution in [2.24, 2.45) is 0 Å². The average molecular weight is 267 g/mol. The molecule has 0 radical (unpaired) electrons. The Balaban J connectivity index is 1.90. The fourth-order valence-corrected chi connectivity index (χ4v) is 1.91. The minimum Gasteiger partial charge on any atom is -0.489 e. The summed E-state index contributed by atoms with van der Waals surface area (Å²) < 4.78 is 5.72. The predicted molar refractivity (Wildman–Crippen MR) is 85.1 cm³/mol. The largest absolute Gasteiger partial charge is 0.489 e. The lowest BCUT2D eigenvalue weighted by molar-refractivity contribution is 0.348. The summed E-state index contributed by atoms with van der Waals surface area (Å²) in [5.74, 6) is 0.877. The Morgan fingerprint density at radius 1 is 1.00 bits per heavy atom. The summed E-state index contributed by atoms with van der Waals surface area (Å²) in [6.45, 7) is 8.37. The molecule has 0 aliphatic heterocycles. The van der Waals surface area contributed by atoms with Crippen LogP contribution in [0.5, 0.6) is 5.75 Å². The molecular weight excluding hydrogens is 246 g/mol. The Kier molecular flexibility index (Phi) is 5.39. The fourth-order valence-electron chi connectivity index (χ4n) is 1.91. The maximum atomic E-state index is 5.72. The average Bonchev–Trinajstić information content (AvgIpc) is 2.52. The Hall–Kier alpha value is -2.06. The van der Waals surface area contributed by atoms with Crippen molar-refractivity contribution in [2.45, 2.75) is 6.92 Å². The van der Waals surface area contributed by atoms with Crippen LogP contribution >= 0.6 is 0 Å². The van der Waals surface area contributed by atoms with Crippen LogP contribution in [0.1, 0.15) is 6.92 Å². The number of rotatable bonds is 7. The second kappa shape index (κ2) is 7.51. The van der Waals surface area contributed by atoms with Gasteiger partial charge in [-0.25, -0.2) is 0 Å². The van der Waals surface area contributed by atoms with E-state index >= 15 is 0 Å². The van der Waals surface area contributed by atoms with Crippen LogP contribution in [-0.4, -0.2) is 19.7 Å². The second-order valence-corrected chi connectivity index (χ2v) is 4.71. The number of ether oxygens (including phenoxy) is 1. The lowest BCUT2D eigenvalue weighted by atomic mass is 10.1. The quantitative estimate of drug-likeness (QED) is 0.768. The van der Waals surface area contributed by atoms with E-state index in [1.165, 1.54) is 11.1 Å². The molecule has 0 saturated carbocycles. The van der Waals surface area contributed by atoms with Crippen molar-refractivity contribution in [1.29, 1.82) is 0 Å². The molecule has 2 rings (SSSR count). The highest BCUT2D eigenvalue weighted by atomic mass is 16.5. The molecule has 2 nitrogen and oxygen atoms in total. The van der Waals surface area contributed by atoms with E-state index in [1.807, 2.05) is 30.3 Å². The first kappa shape index (κ1) is 14.4. The van der Waals surface area contributed by atoms with Crippen LogP contribution in [0.3, 0.4) is 0 Å². The van der Waals surface area contributed by atoms with Crippen LogP contribution < -0.4 is 10.1 Å². The van der Waals surface area contributed by atoms with Crippen molar-refractivity contribution in [2.75, 3.05) is 19.7 Å². The summed E-state index contributed by atoms with van der Waals surface area (Å²) >= 11 is 0. The maximum absolute atomic E-state index is 5.72. The summed E-state index contributed by atoms with van der Waals surface area (Å²) in [7, 11) is 0. The molecular formula is C18H21NO. The van der Waals surface area contributed by atoms with Crippen LogP contribution in [-0.2, 0) is 0 Å². The van der Waals surface area contributed by atoms with Gasteiger partial charge in [0.15, 0.2) is 0 Å². The molecule has 0 fully saturated rings. The zero-order valence-electron chi connectivity index (χ0n) is 11.9. The topological polar surface area (TPSA) is 21.3 Å². The van der Waals surface area contributed by atoms with Crippen LogP contribution in [0, 0.1) is 0 Å². The SMILES string of the molecule is C=C(CNCC)COc1ccc(-c2ccccc2)cc1. The van der Waals surface area contributed by atoms with E-state index in [4.69, 9.17) is 4.74 Å². The third kappa shape index (κ3) is 4.25. The third-order valence-corrected chi connectivity index (χ3v) is 3.03. The first-order valence-corrected chi connectivity index (χ1v) is 6.95. The zero-order chi connectivity index (χ0) is 14.2. The van der Waals surface area contributed by atoms with Crippen molar-refractivity contribution in [3.05, 3.63) is 66.7 Å². The van der Waals surface area contributed by atoms with Gasteiger partial charge in [0.2, 0.25) is 0 Å². The smallest absolute Gasteiger partial charge is 0.119 e. The molecule has 0 unspecified atom stereocenters. The zero-order valence-corrected chi connectivity index (χ0v) is 11.9. The van der Waals surface area contributed by atoms with Gasteiger partial charge in [-0.3, -0.25) is 0 Å². The van der Waals surface area contributed by atoms with Gasteiger partial charge in [0.05, 0.1) is 0 Å². The van der Waals surface area contributed by atoms with E-state index < -0.39 is 0 Å². The molecule has 0 atom stereocenters. The molecule has 104 valence electrons. The van der Waals surface area contributed by atoms with E-state index in [0.717, 1.165) is 24.4 Å². The van der Waals surface area contributed by atoms with Gasteiger partial charge in [-0.05, 0) is 35.4 Å². The van der Waals surface area contributed by atoms with E-state index in [2.05, 4.69) is 43.1 Å². The predicted octanol–water partition coefficient (Wildman–Crippen LogP) is 3.90. The Bertz CT molecular complexity index is 531. The first-order chi connectivity index (χ1) is 9.79. The van der Waals surface area contributed by atoms with Gasteiger partial charge in [-0.2, -0.15) is 0 Å². The molecule has 2 heteroatoms. The lowest BCUT2D eigenvalue weighted by Crippen LogP contribution is -2.18. The van der Waals surface area contributed by atoms with Crippen LogP contribution in [0.2, 0.25) is 0 Å². The third-order valence-electron chi connectivity index (χ3n) is 3.03. The monoisotopic (exact) mass is 267 g/mol. The Labute approximate surface area is 121 Å². The number of nitrogens with one attached hydrogen (secondary N) is 1. The lowest BCUT2D eigenvalue weighted by Gasteiger charge is -2.09. The fraction of sp³-hybridized carbons (Fsp3) is 0.222. The summed E-state index contributed by atoms with van der Waals surface area (Å²) in [5.41, 5.74) is 3.47. The van der Waals surface area contributed by atoms with Crippen molar-refractivity contribution < 1.29 is 4.74 Å². The highest BCUT2D eigenvalue weighted by Gasteiger charge is 1.99. The van der Waals surface area contributed by atoms with Crippen molar-refractivity contribution in [1.82, 2.24) is 5.32 Å². The number of hydrogen-bond donors (Lipinski definition) is 1. The minimum absolute atomic E-state index is 0.553. The molecule has 2 aromatic rings. The summed E-state index contributed by atoms with van der Waals surface area (Å²) in [5, 5.41) is 3.24. The molecule has 0 bridgehead atoms. The number of likely N-dealkylation sites (N-methyl/N-ethyl adjacent to an activating group) is 1. The summed E-state index contributed by atoms with van der Waals surface area (Å²) in [6.07, 6.45) is 0. The van der Waals surface area contributed by atoms with Gasteiger partial charge in [0, 0.05) is 6.54 Å². The summed E-state index contributed by atoms with van der Waals surface area (Å²) in [6, 6.07) is 18.5. The highest BCUT2D eigenvalue weighted by Crippen LogP contribution is 2.22. The number of benzene rings is 2. The standard InChI is InChI=1S/C18H21NO/c1-3-19-13-15(2)14-20-18-11-9-17(10-12-18)16-7-5-4-6-8-16/h4-12,19H,2-3,13-14H2,1H3. The van der Waals surface area contributed by atoms with Crippen molar-refractivity contribution >= 4 is 0 Å². The van der Waals surface area contributed by atoms with Crippen LogP contribution in [0.15, 0.2) is 66.7 Å². The van der Waals surface area contributed by atoms with Crippen LogP contribution in [0.4, 0.5) is 0 Å². The molecule has 20 heavy (non-hydrogen) atoms. The second-order valence-electron chi connectivity index (χ2n) is 4.71. The van der Waals surface area contributed by atoms with Gasteiger partial charge in [0.25, 0.3) is 0 Å². The van der Waals surface area contributed by atoms with Crippen molar-refractivity contribution in [3.8, 4) is 16.9 Å². The molecule has 2 aromatic carbocycles. The summed E-state index contributed by atoms with van der Waals surface area (Å²) in [4.78, 5) is 0. The van der Waals surface area contributed by atoms with Crippen molar-refractivity contribution in [3.63, 3.8) is 0 Å². The molecule has 0 aliphatic carbocycles. The molecule has 0 aliphatic rings. The molecule has 1 N–H and O–H groups in total. The minimum atomic E-state index is 0.553. The van der Waals surface area contributed by atoms with E-state index in [1.54, 1.807) is 0 Å². The molecule has 0 aromatic heterocycles. The normalized spacial score (nSPS) is 10.2. The Morgan fingerprint density at radius 3 is 2.30 bits per heavy atom. The van der Waals surface area contributed by atoms with Gasteiger partial charge in [-0.15, -0.1) is 0 Å². The molecule has 0 spiro atoms. The van der Waals surface area contributed by atoms with Crippen LogP contribution in [0.25, 0.3) is 11.1 Å². The molecule has 0 heterocycles.